The third-order valence-electron chi connectivity index (χ3n) is 12.0. The van der Waals surface area contributed by atoms with E-state index in [1.165, 1.54) is 21.1 Å². The Balaban J connectivity index is 2.21. The van der Waals surface area contributed by atoms with Crippen LogP contribution in [-0.4, -0.2) is 138 Å². The molecule has 3 heterocycles. The zero-order valence-electron chi connectivity index (χ0n) is 33.0. The van der Waals surface area contributed by atoms with E-state index in [0.717, 1.165) is 0 Å². The van der Waals surface area contributed by atoms with Crippen LogP contribution in [0.1, 0.15) is 94.9 Å². The Morgan fingerprint density at radius 3 is 2.02 bits per heavy atom. The summed E-state index contributed by atoms with van der Waals surface area (Å²) in [6, 6.07) is -0.334. The Morgan fingerprint density at radius 1 is 0.863 bits per heavy atom. The molecule has 0 radical (unpaired) electrons. The molecule has 3 aliphatic rings. The maximum atomic E-state index is 14.1. The summed E-state index contributed by atoms with van der Waals surface area (Å²) >= 11 is 0. The maximum Gasteiger partial charge on any atom is 0.311 e. The number of methoxy groups -OCH3 is 2. The van der Waals surface area contributed by atoms with Crippen LogP contribution in [0.3, 0.4) is 0 Å². The van der Waals surface area contributed by atoms with Crippen molar-refractivity contribution < 1.29 is 63.2 Å². The SMILES string of the molecule is CC[C@H]1OC(=O)[C@H](C)[C@H](O[C@@H]2C[C@@](C)(OC)[C@H](O)[C@H](C)O2)[C@H](C)[C@H](O[C@@H]2O[C@H](C)C[C@H](NC)[C@@H]2O)[C@](C)(OC)C[C@@H](C)C(=O)[C@H](C)[C@@H](O)[C@]1(C)O. The second kappa shape index (κ2) is 17.4. The largest absolute Gasteiger partial charge is 0.459 e. The average Bonchev–Trinajstić information content (AvgIpc) is 3.09. The Kier molecular flexibility index (Phi) is 15.1. The van der Waals surface area contributed by atoms with Crippen molar-refractivity contribution in [2.45, 2.75) is 179 Å². The Bertz CT molecular complexity index is 1160. The van der Waals surface area contributed by atoms with Gasteiger partial charge >= 0.3 is 5.97 Å². The highest BCUT2D eigenvalue weighted by Crippen LogP contribution is 2.41. The predicted octanol–water partition coefficient (Wildman–Crippen LogP) is 2.10. The van der Waals surface area contributed by atoms with Gasteiger partial charge in [0, 0.05) is 44.4 Å². The molecule has 3 saturated heterocycles. The molecule has 0 unspecified atom stereocenters. The van der Waals surface area contributed by atoms with Crippen molar-refractivity contribution in [2.24, 2.45) is 23.7 Å². The van der Waals surface area contributed by atoms with Crippen LogP contribution in [0.4, 0.5) is 0 Å². The molecule has 0 aromatic heterocycles. The van der Waals surface area contributed by atoms with E-state index in [-0.39, 0.29) is 37.2 Å². The third-order valence-corrected chi connectivity index (χ3v) is 12.0. The Labute approximate surface area is 304 Å². The van der Waals surface area contributed by atoms with Crippen molar-refractivity contribution in [3.05, 3.63) is 0 Å². The number of hydrogen-bond donors (Lipinski definition) is 5. The first-order chi connectivity index (χ1) is 23.6. The van der Waals surface area contributed by atoms with E-state index in [4.69, 9.17) is 33.2 Å². The normalized spacial score (nSPS) is 49.6. The molecule has 3 aliphatic heterocycles. The fourth-order valence-electron chi connectivity index (χ4n) is 8.38. The number of nitrogens with one attached hydrogen (secondary N) is 1. The van der Waals surface area contributed by atoms with E-state index >= 15 is 0 Å². The molecule has 0 spiro atoms. The lowest BCUT2D eigenvalue weighted by Gasteiger charge is -2.49. The molecular formula is C37H67NO13. The van der Waals surface area contributed by atoms with Crippen LogP contribution in [0.15, 0.2) is 0 Å². The van der Waals surface area contributed by atoms with Gasteiger partial charge in [-0.25, -0.2) is 0 Å². The predicted molar refractivity (Wildman–Crippen MR) is 186 cm³/mol. The summed E-state index contributed by atoms with van der Waals surface area (Å²) in [5.41, 5.74) is -4.24. The molecule has 0 amide bonds. The molecule has 18 atom stereocenters. The topological polar surface area (TPSA) is 192 Å². The molecule has 5 N–H and O–H groups in total. The van der Waals surface area contributed by atoms with Gasteiger partial charge < -0.3 is 58.9 Å². The fourth-order valence-corrected chi connectivity index (χ4v) is 8.38. The van der Waals surface area contributed by atoms with Gasteiger partial charge in [-0.2, -0.15) is 0 Å². The van der Waals surface area contributed by atoms with Gasteiger partial charge in [-0.3, -0.25) is 9.59 Å². The molecule has 298 valence electrons. The van der Waals surface area contributed by atoms with Crippen LogP contribution < -0.4 is 5.32 Å². The van der Waals surface area contributed by atoms with E-state index in [1.807, 2.05) is 13.8 Å². The van der Waals surface area contributed by atoms with Crippen molar-refractivity contribution >= 4 is 11.8 Å². The minimum absolute atomic E-state index is 0.109. The first kappa shape index (κ1) is 44.1. The number of carbonyl (C=O) groups is 2. The number of likely N-dealkylation sites (N-methyl/N-ethyl adjacent to an activating group) is 1. The van der Waals surface area contributed by atoms with E-state index in [9.17, 15) is 30.0 Å². The lowest BCUT2D eigenvalue weighted by molar-refractivity contribution is -0.317. The number of rotatable bonds is 8. The third kappa shape index (κ3) is 9.33. The summed E-state index contributed by atoms with van der Waals surface area (Å²) in [4.78, 5) is 28.1. The minimum Gasteiger partial charge on any atom is -0.459 e. The van der Waals surface area contributed by atoms with E-state index in [1.54, 1.807) is 55.5 Å². The van der Waals surface area contributed by atoms with Gasteiger partial charge in [0.15, 0.2) is 12.6 Å². The lowest BCUT2D eigenvalue weighted by Crippen LogP contribution is -2.61. The average molecular weight is 734 g/mol. The maximum absolute atomic E-state index is 14.1. The summed E-state index contributed by atoms with van der Waals surface area (Å²) in [6.45, 7) is 17.0. The number of esters is 1. The van der Waals surface area contributed by atoms with Gasteiger partial charge in [0.25, 0.3) is 0 Å². The number of aliphatic hydroxyl groups excluding tert-OH is 3. The number of ether oxygens (including phenoxy) is 7. The molecule has 3 fully saturated rings. The smallest absolute Gasteiger partial charge is 0.311 e. The summed E-state index contributed by atoms with van der Waals surface area (Å²) in [6.07, 6.45) is -8.78. The van der Waals surface area contributed by atoms with Crippen molar-refractivity contribution in [3.8, 4) is 0 Å². The summed E-state index contributed by atoms with van der Waals surface area (Å²) in [7, 11) is 4.75. The molecule has 0 aliphatic carbocycles. The number of cyclic esters (lactones) is 1. The van der Waals surface area contributed by atoms with Crippen LogP contribution in [-0.2, 0) is 42.7 Å². The molecule has 14 nitrogen and oxygen atoms in total. The Hall–Kier alpha value is -1.30. The quantitative estimate of drug-likeness (QED) is 0.228. The van der Waals surface area contributed by atoms with Crippen molar-refractivity contribution in [1.82, 2.24) is 5.32 Å². The van der Waals surface area contributed by atoms with Gasteiger partial charge in [0.2, 0.25) is 0 Å². The minimum atomic E-state index is -1.96. The van der Waals surface area contributed by atoms with Gasteiger partial charge in [-0.15, -0.1) is 0 Å². The fraction of sp³-hybridized carbons (Fsp3) is 0.946. The number of ketones is 1. The molecule has 51 heavy (non-hydrogen) atoms. The molecular weight excluding hydrogens is 666 g/mol. The molecule has 3 rings (SSSR count). The lowest BCUT2D eigenvalue weighted by atomic mass is 9.74. The molecule has 0 bridgehead atoms. The van der Waals surface area contributed by atoms with Crippen LogP contribution >= 0.6 is 0 Å². The highest BCUT2D eigenvalue weighted by Gasteiger charge is 2.54. The zero-order valence-corrected chi connectivity index (χ0v) is 33.0. The van der Waals surface area contributed by atoms with Gasteiger partial charge in [0.1, 0.15) is 29.7 Å². The van der Waals surface area contributed by atoms with Crippen molar-refractivity contribution in [2.75, 3.05) is 21.3 Å². The second-order valence-electron chi connectivity index (χ2n) is 16.0. The first-order valence-corrected chi connectivity index (χ1v) is 18.5. The summed E-state index contributed by atoms with van der Waals surface area (Å²) < 4.78 is 43.7. The van der Waals surface area contributed by atoms with E-state index in [0.29, 0.717) is 6.42 Å². The number of carbonyl (C=O) groups excluding carboxylic acids is 2. The second-order valence-corrected chi connectivity index (χ2v) is 16.0. The standard InChI is InChI=1S/C37H67NO13/c1-14-25-37(10,44)30(41)20(4)27(39)18(2)16-36(9,46-13)32(51-34-28(40)24(38-11)15-19(3)47-34)21(5)29(22(6)33(43)49-25)50-26-17-35(8,45-12)31(42)23(7)48-26/h18-26,28-32,34,38,40-42,44H,14-17H2,1-13H3/t18-,19-,20+,21+,22-,23+,24+,25-,26-,28+,29-,30-,31-,32+,34+,35-,36-,37-/m1/s1. The van der Waals surface area contributed by atoms with E-state index < -0.39 is 102 Å². The van der Waals surface area contributed by atoms with Crippen LogP contribution in [0.2, 0.25) is 0 Å². The molecule has 0 saturated carbocycles. The van der Waals surface area contributed by atoms with Gasteiger partial charge in [-0.05, 0) is 67.9 Å². The molecule has 14 heteroatoms. The first-order valence-electron chi connectivity index (χ1n) is 18.5. The highest BCUT2D eigenvalue weighted by atomic mass is 16.7. The van der Waals surface area contributed by atoms with E-state index in [2.05, 4.69) is 5.32 Å². The van der Waals surface area contributed by atoms with Gasteiger partial charge in [-0.1, -0.05) is 27.7 Å². The van der Waals surface area contributed by atoms with Gasteiger partial charge in [0.05, 0.1) is 47.6 Å². The summed E-state index contributed by atoms with van der Waals surface area (Å²) in [5, 5.41) is 48.4. The van der Waals surface area contributed by atoms with Crippen molar-refractivity contribution in [1.29, 1.82) is 0 Å². The number of Topliss-reactive ketones (excluding diaryl/α,β-unsaturated/α-hetero) is 1. The molecule has 0 aromatic carbocycles. The number of hydrogen-bond acceptors (Lipinski definition) is 14. The highest BCUT2D eigenvalue weighted by molar-refractivity contribution is 5.83. The van der Waals surface area contributed by atoms with Crippen LogP contribution in [0.5, 0.6) is 0 Å². The monoisotopic (exact) mass is 733 g/mol. The molecule has 0 aromatic rings. The van der Waals surface area contributed by atoms with Crippen molar-refractivity contribution in [3.63, 3.8) is 0 Å². The summed E-state index contributed by atoms with van der Waals surface area (Å²) in [5.74, 6) is -4.47. The Morgan fingerprint density at radius 2 is 1.47 bits per heavy atom. The van der Waals surface area contributed by atoms with Crippen LogP contribution in [0, 0.1) is 23.7 Å². The number of aliphatic hydroxyl groups is 4. The zero-order chi connectivity index (χ0) is 38.8. The van der Waals surface area contributed by atoms with Crippen LogP contribution in [0.25, 0.3) is 0 Å².